The first kappa shape index (κ1) is 28.2. The maximum absolute atomic E-state index is 12.9. The van der Waals surface area contributed by atoms with Gasteiger partial charge in [0.15, 0.2) is 25.3 Å². The van der Waals surface area contributed by atoms with Crippen LogP contribution in [0.5, 0.6) is 0 Å². The summed E-state index contributed by atoms with van der Waals surface area (Å²) in [6, 6.07) is 6.40. The Bertz CT molecular complexity index is 1740. The largest absolute Gasteiger partial charge is 0.382 e. The van der Waals surface area contributed by atoms with Gasteiger partial charge in [-0.3, -0.25) is 0 Å². The molecule has 0 amide bonds. The van der Waals surface area contributed by atoms with Crippen molar-refractivity contribution in [1.82, 2.24) is 24.4 Å². The highest BCUT2D eigenvalue weighted by molar-refractivity contribution is 7.91. The number of sulfone groups is 2. The maximum Gasteiger partial charge on any atom is 0.180 e. The molecular weight excluding hydrogens is 556 g/mol. The molecule has 1 saturated carbocycles. The van der Waals surface area contributed by atoms with E-state index in [1.54, 1.807) is 42.5 Å². The Balaban J connectivity index is 1.50. The number of hydrogen-bond donors (Lipinski definition) is 1. The first-order valence-corrected chi connectivity index (χ1v) is 16.6. The molecule has 0 saturated heterocycles. The lowest BCUT2D eigenvalue weighted by atomic mass is 9.85. The van der Waals surface area contributed by atoms with E-state index in [4.69, 9.17) is 20.2 Å². The molecule has 2 N–H and O–H groups in total. The highest BCUT2D eigenvalue weighted by atomic mass is 32.2. The van der Waals surface area contributed by atoms with E-state index in [2.05, 4.69) is 10.2 Å². The molecule has 0 radical (unpaired) electrons. The van der Waals surface area contributed by atoms with Crippen LogP contribution in [0.1, 0.15) is 37.3 Å². The van der Waals surface area contributed by atoms with Gasteiger partial charge in [-0.2, -0.15) is 14.7 Å². The smallest absolute Gasteiger partial charge is 0.180 e. The molecule has 12 nitrogen and oxygen atoms in total. The molecule has 4 aromatic rings. The van der Waals surface area contributed by atoms with Crippen molar-refractivity contribution in [2.75, 3.05) is 38.6 Å². The number of nitrogens with two attached hydrogens (primary N) is 1. The highest BCUT2D eigenvalue weighted by Crippen LogP contribution is 2.39. The number of methoxy groups -OCH3 is 1. The number of aromatic nitrogens is 5. The topological polar surface area (TPSA) is 161 Å². The van der Waals surface area contributed by atoms with Crippen LogP contribution < -0.4 is 5.73 Å². The molecule has 40 heavy (non-hydrogen) atoms. The van der Waals surface area contributed by atoms with Gasteiger partial charge in [0.1, 0.15) is 10.7 Å². The second-order valence-electron chi connectivity index (χ2n) is 10.1. The molecule has 1 aliphatic carbocycles. The molecule has 14 heteroatoms. The zero-order valence-corrected chi connectivity index (χ0v) is 24.2. The van der Waals surface area contributed by atoms with Crippen LogP contribution in [-0.4, -0.2) is 80.2 Å². The quantitative estimate of drug-likeness (QED) is 0.288. The van der Waals surface area contributed by atoms with Gasteiger partial charge in [0, 0.05) is 42.9 Å². The SMILES string of the molecule is COCCOC1CCC(c2nc3c(-c4cnn(-c5ccc(S(C)(=O)=O)cc5)c4)cnn3c(N)c2S(C)(=O)=O)CC1. The Hall–Kier alpha value is -3.33. The van der Waals surface area contributed by atoms with Crippen molar-refractivity contribution in [2.24, 2.45) is 0 Å². The van der Waals surface area contributed by atoms with Crippen molar-refractivity contribution in [2.45, 2.75) is 47.5 Å². The van der Waals surface area contributed by atoms with E-state index < -0.39 is 19.7 Å². The summed E-state index contributed by atoms with van der Waals surface area (Å²) in [6.07, 6.45) is 10.4. The fourth-order valence-corrected chi connectivity index (χ4v) is 6.82. The summed E-state index contributed by atoms with van der Waals surface area (Å²) in [4.78, 5) is 5.09. The van der Waals surface area contributed by atoms with Crippen LogP contribution in [0.3, 0.4) is 0 Å². The predicted molar refractivity (Wildman–Crippen MR) is 149 cm³/mol. The molecule has 1 fully saturated rings. The van der Waals surface area contributed by atoms with Crippen molar-refractivity contribution >= 4 is 31.1 Å². The van der Waals surface area contributed by atoms with E-state index >= 15 is 0 Å². The monoisotopic (exact) mass is 588 g/mol. The lowest BCUT2D eigenvalue weighted by Crippen LogP contribution is -2.24. The molecule has 3 aromatic heterocycles. The lowest BCUT2D eigenvalue weighted by molar-refractivity contribution is -0.00308. The molecule has 0 spiro atoms. The number of fused-ring (bicyclic) bond motifs is 1. The average molecular weight is 589 g/mol. The first-order chi connectivity index (χ1) is 19.0. The molecule has 3 heterocycles. The van der Waals surface area contributed by atoms with Crippen LogP contribution in [-0.2, 0) is 29.1 Å². The molecule has 1 aromatic carbocycles. The van der Waals surface area contributed by atoms with Crippen molar-refractivity contribution in [3.05, 3.63) is 48.5 Å². The summed E-state index contributed by atoms with van der Waals surface area (Å²) in [7, 11) is -5.37. The molecular formula is C26H32N6O6S2. The Labute approximate surface area is 233 Å². The number of ether oxygens (including phenoxy) is 2. The van der Waals surface area contributed by atoms with Crippen LogP contribution in [0.15, 0.2) is 52.6 Å². The summed E-state index contributed by atoms with van der Waals surface area (Å²) in [5.74, 6) is -0.0749. The fraction of sp³-hybridized carbons (Fsp3) is 0.423. The number of benzene rings is 1. The van der Waals surface area contributed by atoms with E-state index in [1.807, 2.05) is 0 Å². The number of anilines is 1. The van der Waals surface area contributed by atoms with E-state index in [1.165, 1.54) is 16.6 Å². The second-order valence-corrected chi connectivity index (χ2v) is 14.0. The van der Waals surface area contributed by atoms with Gasteiger partial charge in [0.25, 0.3) is 0 Å². The molecule has 0 aliphatic heterocycles. The molecule has 0 bridgehead atoms. The number of rotatable bonds is 9. The molecule has 0 unspecified atom stereocenters. The summed E-state index contributed by atoms with van der Waals surface area (Å²) >= 11 is 0. The number of hydrogen-bond acceptors (Lipinski definition) is 10. The van der Waals surface area contributed by atoms with Crippen LogP contribution in [0, 0.1) is 0 Å². The standard InChI is InChI=1S/C26H32N6O6S2/c1-37-12-13-38-20-8-4-17(5-9-20)23-24(40(3,35)36)25(27)32-26(30-23)22(15-29-32)18-14-28-31(16-18)19-6-10-21(11-7-19)39(2,33)34/h6-7,10-11,14-17,20H,4-5,8-9,12-13,27H2,1-3H3. The van der Waals surface area contributed by atoms with Crippen molar-refractivity contribution in [3.63, 3.8) is 0 Å². The third kappa shape index (κ3) is 5.61. The molecule has 0 atom stereocenters. The maximum atomic E-state index is 12.9. The Morgan fingerprint density at radius 3 is 2.27 bits per heavy atom. The minimum absolute atomic E-state index is 0.0139. The third-order valence-corrected chi connectivity index (χ3v) is 9.45. The molecule has 1 aliphatic rings. The van der Waals surface area contributed by atoms with Gasteiger partial charge in [-0.25, -0.2) is 26.5 Å². The highest BCUT2D eigenvalue weighted by Gasteiger charge is 2.32. The van der Waals surface area contributed by atoms with Gasteiger partial charge in [-0.05, 0) is 49.9 Å². The van der Waals surface area contributed by atoms with Gasteiger partial charge in [-0.1, -0.05) is 0 Å². The van der Waals surface area contributed by atoms with Gasteiger partial charge >= 0.3 is 0 Å². The Kier molecular flexibility index (Phi) is 7.70. The van der Waals surface area contributed by atoms with E-state index in [9.17, 15) is 16.8 Å². The zero-order chi connectivity index (χ0) is 28.7. The fourth-order valence-electron chi connectivity index (χ4n) is 5.13. The predicted octanol–water partition coefficient (Wildman–Crippen LogP) is 2.66. The van der Waals surface area contributed by atoms with Gasteiger partial charge < -0.3 is 15.2 Å². The molecule has 5 rings (SSSR count). The van der Waals surface area contributed by atoms with Gasteiger partial charge in [0.05, 0.1) is 48.0 Å². The van der Waals surface area contributed by atoms with Gasteiger partial charge in [0.2, 0.25) is 0 Å². The van der Waals surface area contributed by atoms with Crippen molar-refractivity contribution < 1.29 is 26.3 Å². The van der Waals surface area contributed by atoms with Crippen LogP contribution >= 0.6 is 0 Å². The number of nitrogen functional groups attached to an aromatic ring is 1. The summed E-state index contributed by atoms with van der Waals surface area (Å²) in [5, 5.41) is 8.78. The van der Waals surface area contributed by atoms with Crippen molar-refractivity contribution in [1.29, 1.82) is 0 Å². The van der Waals surface area contributed by atoms with E-state index in [0.717, 1.165) is 25.4 Å². The van der Waals surface area contributed by atoms with E-state index in [0.29, 0.717) is 54.2 Å². The third-order valence-electron chi connectivity index (χ3n) is 7.16. The van der Waals surface area contributed by atoms with Crippen molar-refractivity contribution in [3.8, 4) is 16.8 Å². The zero-order valence-electron chi connectivity index (χ0n) is 22.5. The van der Waals surface area contributed by atoms with Crippen LogP contribution in [0.2, 0.25) is 0 Å². The first-order valence-electron chi connectivity index (χ1n) is 12.8. The van der Waals surface area contributed by atoms with Crippen LogP contribution in [0.4, 0.5) is 5.82 Å². The summed E-state index contributed by atoms with van der Waals surface area (Å²) < 4.78 is 63.2. The lowest BCUT2D eigenvalue weighted by Gasteiger charge is -2.29. The molecule has 214 valence electrons. The Morgan fingerprint density at radius 2 is 1.65 bits per heavy atom. The normalized spacial score (nSPS) is 18.4. The minimum Gasteiger partial charge on any atom is -0.382 e. The summed E-state index contributed by atoms with van der Waals surface area (Å²) in [6.45, 7) is 1.05. The average Bonchev–Trinajstić information content (AvgIpc) is 3.56. The Morgan fingerprint density at radius 1 is 0.950 bits per heavy atom. The summed E-state index contributed by atoms with van der Waals surface area (Å²) in [5.41, 5.74) is 9.33. The number of nitrogens with zero attached hydrogens (tertiary/aromatic N) is 5. The minimum atomic E-state index is -3.69. The van der Waals surface area contributed by atoms with Crippen LogP contribution in [0.25, 0.3) is 22.5 Å². The van der Waals surface area contributed by atoms with E-state index in [-0.39, 0.29) is 27.6 Å². The van der Waals surface area contributed by atoms with Gasteiger partial charge in [-0.15, -0.1) is 0 Å². The second kappa shape index (κ2) is 10.9.